The minimum absolute atomic E-state index is 0. The predicted octanol–water partition coefficient (Wildman–Crippen LogP) is 2.20. The molecule has 23 heavy (non-hydrogen) atoms. The molecule has 2 aliphatic heterocycles. The zero-order valence-electron chi connectivity index (χ0n) is 14.1. The number of nitrogens with zero attached hydrogens (tertiary/aromatic N) is 2. The standard InChI is InChI=1S/C17H24N2O3.CH2/c1-21-15-8-14(9-16(10-15)22-2)17(20)19-7-6-18-5-3-4-13(11-18)12-19;/h8-10,13H,3-7,11-12H2,1-2H3;1H2. The summed E-state index contributed by atoms with van der Waals surface area (Å²) in [6, 6.07) is 5.38. The number of rotatable bonds is 3. The van der Waals surface area contributed by atoms with Gasteiger partial charge in [-0.3, -0.25) is 4.79 Å². The molecule has 5 heteroatoms. The van der Waals surface area contributed by atoms with Crippen LogP contribution in [-0.4, -0.2) is 62.7 Å². The first-order valence-electron chi connectivity index (χ1n) is 7.94. The van der Waals surface area contributed by atoms with Gasteiger partial charge in [-0.05, 0) is 37.4 Å². The maximum atomic E-state index is 12.9. The molecule has 1 aromatic rings. The van der Waals surface area contributed by atoms with Gasteiger partial charge in [0.25, 0.3) is 5.91 Å². The second kappa shape index (κ2) is 7.68. The van der Waals surface area contributed by atoms with Crippen LogP contribution >= 0.6 is 0 Å². The van der Waals surface area contributed by atoms with Crippen LogP contribution in [0.1, 0.15) is 23.2 Å². The van der Waals surface area contributed by atoms with Crippen LogP contribution in [0.15, 0.2) is 18.2 Å². The predicted molar refractivity (Wildman–Crippen MR) is 90.0 cm³/mol. The summed E-state index contributed by atoms with van der Waals surface area (Å²) in [5.74, 6) is 1.98. The van der Waals surface area contributed by atoms with Gasteiger partial charge in [0.2, 0.25) is 0 Å². The Bertz CT molecular complexity index is 525. The Morgan fingerprint density at radius 1 is 1.04 bits per heavy atom. The van der Waals surface area contributed by atoms with E-state index in [1.54, 1.807) is 32.4 Å². The quantitative estimate of drug-likeness (QED) is 0.857. The van der Waals surface area contributed by atoms with E-state index >= 15 is 0 Å². The first-order valence-corrected chi connectivity index (χ1v) is 7.94. The molecule has 2 unspecified atom stereocenters. The Kier molecular flexibility index (Phi) is 5.88. The van der Waals surface area contributed by atoms with E-state index in [0.29, 0.717) is 23.0 Å². The van der Waals surface area contributed by atoms with Gasteiger partial charge in [0.15, 0.2) is 0 Å². The molecular formula is C18H26N2O3. The van der Waals surface area contributed by atoms with Crippen molar-refractivity contribution in [2.24, 2.45) is 5.92 Å². The van der Waals surface area contributed by atoms with Crippen molar-refractivity contribution in [1.82, 2.24) is 9.80 Å². The fourth-order valence-electron chi connectivity index (χ4n) is 3.47. The van der Waals surface area contributed by atoms with Gasteiger partial charge in [-0.2, -0.15) is 0 Å². The topological polar surface area (TPSA) is 42.0 Å². The zero-order chi connectivity index (χ0) is 15.5. The van der Waals surface area contributed by atoms with Crippen molar-refractivity contribution in [1.29, 1.82) is 0 Å². The van der Waals surface area contributed by atoms with Crippen molar-refractivity contribution < 1.29 is 14.3 Å². The first kappa shape index (κ1) is 17.6. The van der Waals surface area contributed by atoms with Crippen molar-refractivity contribution in [2.75, 3.05) is 46.9 Å². The van der Waals surface area contributed by atoms with Crippen LogP contribution in [0, 0.1) is 13.3 Å². The van der Waals surface area contributed by atoms with Crippen molar-refractivity contribution >= 4 is 5.91 Å². The minimum atomic E-state index is 0. The third-order valence-corrected chi connectivity index (χ3v) is 4.65. The highest BCUT2D eigenvalue weighted by molar-refractivity contribution is 5.95. The molecule has 1 aromatic carbocycles. The van der Waals surface area contributed by atoms with E-state index in [-0.39, 0.29) is 13.3 Å². The van der Waals surface area contributed by atoms with Crippen LogP contribution in [0.2, 0.25) is 0 Å². The van der Waals surface area contributed by atoms with Crippen LogP contribution in [0.3, 0.4) is 0 Å². The van der Waals surface area contributed by atoms with Gasteiger partial charge in [0, 0.05) is 37.8 Å². The first-order chi connectivity index (χ1) is 10.7. The number of amides is 1. The van der Waals surface area contributed by atoms with Crippen molar-refractivity contribution in [3.63, 3.8) is 0 Å². The maximum absolute atomic E-state index is 12.9. The van der Waals surface area contributed by atoms with Crippen LogP contribution in [-0.2, 0) is 0 Å². The number of methoxy groups -OCH3 is 2. The fraction of sp³-hybridized carbons (Fsp3) is 0.556. The van der Waals surface area contributed by atoms with Gasteiger partial charge >= 0.3 is 0 Å². The largest absolute Gasteiger partial charge is 0.497 e. The Morgan fingerprint density at radius 2 is 1.74 bits per heavy atom. The van der Waals surface area contributed by atoms with Gasteiger partial charge in [-0.1, -0.05) is 7.43 Å². The summed E-state index contributed by atoms with van der Waals surface area (Å²) in [6.07, 6.45) is 2.47. The molecule has 2 aliphatic rings. The average molecular weight is 318 g/mol. The number of hydrogen-bond donors (Lipinski definition) is 0. The van der Waals surface area contributed by atoms with Crippen LogP contribution in [0.25, 0.3) is 0 Å². The second-order valence-corrected chi connectivity index (χ2v) is 6.16. The molecule has 2 radical (unpaired) electrons. The lowest BCUT2D eigenvalue weighted by Gasteiger charge is -2.29. The Balaban J connectivity index is 0.00000192. The molecule has 2 heterocycles. The summed E-state index contributed by atoms with van der Waals surface area (Å²) >= 11 is 0. The summed E-state index contributed by atoms with van der Waals surface area (Å²) in [4.78, 5) is 17.3. The number of ether oxygens (including phenoxy) is 2. The Hall–Kier alpha value is -1.75. The Labute approximate surface area is 139 Å². The molecule has 2 saturated heterocycles. The third kappa shape index (κ3) is 3.96. The number of carbonyl (C=O) groups excluding carboxylic acids is 1. The highest BCUT2D eigenvalue weighted by atomic mass is 16.5. The van der Waals surface area contributed by atoms with Gasteiger partial charge in [-0.15, -0.1) is 0 Å². The second-order valence-electron chi connectivity index (χ2n) is 6.16. The lowest BCUT2D eigenvalue weighted by Crippen LogP contribution is -2.36. The molecule has 2 atom stereocenters. The molecule has 2 bridgehead atoms. The van der Waals surface area contributed by atoms with E-state index in [1.165, 1.54) is 19.4 Å². The smallest absolute Gasteiger partial charge is 0.254 e. The van der Waals surface area contributed by atoms with E-state index in [1.807, 2.05) is 4.90 Å². The third-order valence-electron chi connectivity index (χ3n) is 4.65. The molecule has 1 amide bonds. The number of fused-ring (bicyclic) bond motifs is 2. The van der Waals surface area contributed by atoms with Gasteiger partial charge in [-0.25, -0.2) is 0 Å². The lowest BCUT2D eigenvalue weighted by molar-refractivity contribution is 0.0745. The van der Waals surface area contributed by atoms with E-state index in [4.69, 9.17) is 9.47 Å². The molecule has 0 N–H and O–H groups in total. The van der Waals surface area contributed by atoms with Crippen molar-refractivity contribution in [3.05, 3.63) is 31.2 Å². The lowest BCUT2D eigenvalue weighted by atomic mass is 9.98. The SMILES string of the molecule is COc1cc(OC)cc(C(=O)N2CCN3CCCC(C3)C2)c1.[CH2]. The fourth-order valence-corrected chi connectivity index (χ4v) is 3.47. The summed E-state index contributed by atoms with van der Waals surface area (Å²) < 4.78 is 10.5. The molecule has 0 saturated carbocycles. The molecule has 126 valence electrons. The van der Waals surface area contributed by atoms with Gasteiger partial charge < -0.3 is 19.3 Å². The molecular weight excluding hydrogens is 292 g/mol. The summed E-state index contributed by atoms with van der Waals surface area (Å²) in [7, 11) is 3.21. The highest BCUT2D eigenvalue weighted by Crippen LogP contribution is 2.25. The molecule has 3 rings (SSSR count). The van der Waals surface area contributed by atoms with Crippen molar-refractivity contribution in [3.8, 4) is 11.5 Å². The zero-order valence-corrected chi connectivity index (χ0v) is 14.1. The molecule has 0 spiro atoms. The van der Waals surface area contributed by atoms with Crippen molar-refractivity contribution in [2.45, 2.75) is 12.8 Å². The number of benzene rings is 1. The van der Waals surface area contributed by atoms with Crippen LogP contribution in [0.5, 0.6) is 11.5 Å². The number of hydrogen-bond acceptors (Lipinski definition) is 4. The normalized spacial score (nSPS) is 23.5. The van der Waals surface area contributed by atoms with Gasteiger partial charge in [0.05, 0.1) is 14.2 Å². The van der Waals surface area contributed by atoms with E-state index in [9.17, 15) is 4.79 Å². The average Bonchev–Trinajstić information content (AvgIpc) is 2.71. The summed E-state index contributed by atoms with van der Waals surface area (Å²) in [5.41, 5.74) is 0.641. The van der Waals surface area contributed by atoms with Crippen LogP contribution < -0.4 is 9.47 Å². The monoisotopic (exact) mass is 318 g/mol. The van der Waals surface area contributed by atoms with E-state index < -0.39 is 0 Å². The summed E-state index contributed by atoms with van der Waals surface area (Å²) in [5, 5.41) is 0. The molecule has 0 aromatic heterocycles. The van der Waals surface area contributed by atoms with E-state index in [0.717, 1.165) is 26.2 Å². The van der Waals surface area contributed by atoms with Gasteiger partial charge in [0.1, 0.15) is 11.5 Å². The molecule has 2 fully saturated rings. The molecule has 0 aliphatic carbocycles. The summed E-state index contributed by atoms with van der Waals surface area (Å²) in [6.45, 7) is 4.93. The van der Waals surface area contributed by atoms with E-state index in [2.05, 4.69) is 4.90 Å². The number of piperidine rings is 1. The highest BCUT2D eigenvalue weighted by Gasteiger charge is 2.29. The maximum Gasteiger partial charge on any atom is 0.254 e. The Morgan fingerprint density at radius 3 is 2.39 bits per heavy atom. The molecule has 5 nitrogen and oxygen atoms in total. The van der Waals surface area contributed by atoms with Crippen LogP contribution in [0.4, 0.5) is 0 Å². The minimum Gasteiger partial charge on any atom is -0.497 e. The number of carbonyl (C=O) groups is 1.